The van der Waals surface area contributed by atoms with Crippen LogP contribution in [0.5, 0.6) is 0 Å². The molecule has 0 heterocycles. The molecule has 0 fully saturated rings. The molecule has 0 saturated heterocycles. The molecule has 0 bridgehead atoms. The van der Waals surface area contributed by atoms with Gasteiger partial charge in [-0.1, -0.05) is 35.9 Å². The van der Waals surface area contributed by atoms with Gasteiger partial charge in [-0.2, -0.15) is 0 Å². The zero-order chi connectivity index (χ0) is 11.8. The van der Waals surface area contributed by atoms with Gasteiger partial charge in [-0.25, -0.2) is 4.79 Å². The van der Waals surface area contributed by atoms with Gasteiger partial charge in [0.1, 0.15) is 0 Å². The van der Waals surface area contributed by atoms with Crippen LogP contribution in [0.3, 0.4) is 0 Å². The average Bonchev–Trinajstić information content (AvgIpc) is 2.29. The summed E-state index contributed by atoms with van der Waals surface area (Å²) in [6.45, 7) is 3.93. The van der Waals surface area contributed by atoms with Crippen molar-refractivity contribution in [1.29, 1.82) is 0 Å². The molecule has 0 aliphatic heterocycles. The Hall–Kier alpha value is -1.74. The molecular formula is C12H13ClN2O. The topological polar surface area (TPSA) is 41.1 Å². The van der Waals surface area contributed by atoms with E-state index in [1.165, 1.54) is 0 Å². The Balaban J connectivity index is 2.46. The first-order valence-electron chi connectivity index (χ1n) is 4.80. The van der Waals surface area contributed by atoms with Crippen LogP contribution in [0.2, 0.25) is 5.02 Å². The zero-order valence-electron chi connectivity index (χ0n) is 8.74. The van der Waals surface area contributed by atoms with Gasteiger partial charge in [0.15, 0.2) is 0 Å². The second-order valence-corrected chi connectivity index (χ2v) is 3.41. The van der Waals surface area contributed by atoms with Gasteiger partial charge in [0, 0.05) is 17.8 Å². The number of halogens is 1. The molecule has 0 atom stereocenters. The van der Waals surface area contributed by atoms with Gasteiger partial charge in [0.2, 0.25) is 0 Å². The van der Waals surface area contributed by atoms with Crippen molar-refractivity contribution in [3.63, 3.8) is 0 Å². The van der Waals surface area contributed by atoms with Crippen LogP contribution in [0, 0.1) is 0 Å². The van der Waals surface area contributed by atoms with Crippen molar-refractivity contribution in [2.45, 2.75) is 0 Å². The summed E-state index contributed by atoms with van der Waals surface area (Å²) in [6.07, 6.45) is 4.88. The summed E-state index contributed by atoms with van der Waals surface area (Å²) in [5, 5.41) is 5.78. The third kappa shape index (κ3) is 4.19. The molecule has 0 spiro atoms. The van der Waals surface area contributed by atoms with E-state index in [-0.39, 0.29) is 6.03 Å². The van der Waals surface area contributed by atoms with Crippen LogP contribution in [0.1, 0.15) is 5.56 Å². The number of urea groups is 1. The van der Waals surface area contributed by atoms with Crippen molar-refractivity contribution in [2.24, 2.45) is 0 Å². The fourth-order valence-electron chi connectivity index (χ4n) is 1.03. The maximum absolute atomic E-state index is 11.1. The molecule has 0 aromatic heterocycles. The SMILES string of the molecule is C=CCNC(=O)N/C=C/c1ccccc1Cl. The minimum absolute atomic E-state index is 0.275. The van der Waals surface area contributed by atoms with E-state index in [1.54, 1.807) is 24.4 Å². The highest BCUT2D eigenvalue weighted by atomic mass is 35.5. The van der Waals surface area contributed by atoms with Crippen LogP contribution in [-0.4, -0.2) is 12.6 Å². The van der Waals surface area contributed by atoms with Crippen LogP contribution in [0.25, 0.3) is 6.08 Å². The minimum Gasteiger partial charge on any atom is -0.334 e. The minimum atomic E-state index is -0.275. The van der Waals surface area contributed by atoms with Crippen molar-refractivity contribution >= 4 is 23.7 Å². The van der Waals surface area contributed by atoms with Gasteiger partial charge in [-0.05, 0) is 17.7 Å². The molecule has 1 rings (SSSR count). The molecule has 0 radical (unpaired) electrons. The third-order valence-corrected chi connectivity index (χ3v) is 2.13. The summed E-state index contributed by atoms with van der Waals surface area (Å²) in [7, 11) is 0. The number of nitrogens with one attached hydrogen (secondary N) is 2. The highest BCUT2D eigenvalue weighted by molar-refractivity contribution is 6.32. The Labute approximate surface area is 99.8 Å². The van der Waals surface area contributed by atoms with Gasteiger partial charge < -0.3 is 10.6 Å². The van der Waals surface area contributed by atoms with Crippen molar-refractivity contribution in [3.05, 3.63) is 53.7 Å². The first-order valence-corrected chi connectivity index (χ1v) is 5.18. The lowest BCUT2D eigenvalue weighted by atomic mass is 10.2. The first kappa shape index (κ1) is 12.3. The van der Waals surface area contributed by atoms with Gasteiger partial charge in [0.25, 0.3) is 0 Å². The number of hydrogen-bond donors (Lipinski definition) is 2. The number of carbonyl (C=O) groups is 1. The quantitative estimate of drug-likeness (QED) is 0.776. The summed E-state index contributed by atoms with van der Waals surface area (Å²) in [6, 6.07) is 7.11. The Kier molecular flexibility index (Phi) is 5.16. The molecule has 0 saturated carbocycles. The number of benzene rings is 1. The molecule has 2 N–H and O–H groups in total. The van der Waals surface area contributed by atoms with Crippen LogP contribution in [0.15, 0.2) is 43.1 Å². The zero-order valence-corrected chi connectivity index (χ0v) is 9.50. The Morgan fingerprint density at radius 2 is 2.19 bits per heavy atom. The van der Waals surface area contributed by atoms with E-state index >= 15 is 0 Å². The van der Waals surface area contributed by atoms with Gasteiger partial charge in [0.05, 0.1) is 0 Å². The number of amides is 2. The largest absolute Gasteiger partial charge is 0.334 e. The van der Waals surface area contributed by atoms with Crippen LogP contribution >= 0.6 is 11.6 Å². The second kappa shape index (κ2) is 6.69. The van der Waals surface area contributed by atoms with Crippen LogP contribution < -0.4 is 10.6 Å². The molecule has 84 valence electrons. The Morgan fingerprint density at radius 3 is 2.88 bits per heavy atom. The monoisotopic (exact) mass is 236 g/mol. The van der Waals surface area contributed by atoms with E-state index in [1.807, 2.05) is 18.2 Å². The Bertz CT molecular complexity index is 402. The average molecular weight is 237 g/mol. The van der Waals surface area contributed by atoms with E-state index < -0.39 is 0 Å². The third-order valence-electron chi connectivity index (χ3n) is 1.79. The summed E-state index contributed by atoms with van der Waals surface area (Å²) in [5.74, 6) is 0. The van der Waals surface area contributed by atoms with Crippen molar-refractivity contribution in [1.82, 2.24) is 10.6 Å². The Morgan fingerprint density at radius 1 is 1.44 bits per heavy atom. The summed E-state index contributed by atoms with van der Waals surface area (Å²) in [5.41, 5.74) is 0.855. The second-order valence-electron chi connectivity index (χ2n) is 3.00. The molecular weight excluding hydrogens is 224 g/mol. The molecule has 0 aliphatic rings. The van der Waals surface area contributed by atoms with E-state index in [0.29, 0.717) is 11.6 Å². The molecule has 16 heavy (non-hydrogen) atoms. The van der Waals surface area contributed by atoms with Gasteiger partial charge in [-0.15, -0.1) is 6.58 Å². The molecule has 0 aliphatic carbocycles. The van der Waals surface area contributed by atoms with Crippen molar-refractivity contribution < 1.29 is 4.79 Å². The standard InChI is InChI=1S/C12H13ClN2O/c1-2-8-14-12(16)15-9-7-10-5-3-4-6-11(10)13/h2-7,9H,1,8H2,(H2,14,15,16)/b9-7+. The fourth-order valence-corrected chi connectivity index (χ4v) is 1.23. The van der Waals surface area contributed by atoms with Crippen LogP contribution in [-0.2, 0) is 0 Å². The highest BCUT2D eigenvalue weighted by Gasteiger charge is 1.95. The lowest BCUT2D eigenvalue weighted by Gasteiger charge is -2.00. The maximum atomic E-state index is 11.1. The molecule has 3 nitrogen and oxygen atoms in total. The molecule has 1 aromatic rings. The predicted octanol–water partition coefficient (Wildman–Crippen LogP) is 2.80. The molecule has 1 aromatic carbocycles. The first-order chi connectivity index (χ1) is 7.74. The number of carbonyl (C=O) groups excluding carboxylic acids is 1. The fraction of sp³-hybridized carbons (Fsp3) is 0.0833. The highest BCUT2D eigenvalue weighted by Crippen LogP contribution is 2.15. The maximum Gasteiger partial charge on any atom is 0.319 e. The predicted molar refractivity (Wildman–Crippen MR) is 67.2 cm³/mol. The summed E-state index contributed by atoms with van der Waals surface area (Å²) in [4.78, 5) is 11.1. The normalized spacial score (nSPS) is 10.1. The van der Waals surface area contributed by atoms with E-state index in [0.717, 1.165) is 5.56 Å². The molecule has 4 heteroatoms. The molecule has 2 amide bonds. The number of rotatable bonds is 4. The lowest BCUT2D eigenvalue weighted by Crippen LogP contribution is -2.31. The van der Waals surface area contributed by atoms with Gasteiger partial charge in [-0.3, -0.25) is 0 Å². The summed E-state index contributed by atoms with van der Waals surface area (Å²) < 4.78 is 0. The molecule has 0 unspecified atom stereocenters. The van der Waals surface area contributed by atoms with Gasteiger partial charge >= 0.3 is 6.03 Å². The van der Waals surface area contributed by atoms with Crippen molar-refractivity contribution in [3.8, 4) is 0 Å². The lowest BCUT2D eigenvalue weighted by molar-refractivity contribution is 0.245. The van der Waals surface area contributed by atoms with E-state index in [4.69, 9.17) is 11.6 Å². The van der Waals surface area contributed by atoms with E-state index in [9.17, 15) is 4.79 Å². The van der Waals surface area contributed by atoms with E-state index in [2.05, 4.69) is 17.2 Å². The smallest absolute Gasteiger partial charge is 0.319 e. The summed E-state index contributed by atoms with van der Waals surface area (Å²) >= 11 is 5.93. The number of hydrogen-bond acceptors (Lipinski definition) is 1. The van der Waals surface area contributed by atoms with Crippen LogP contribution in [0.4, 0.5) is 4.79 Å². The van der Waals surface area contributed by atoms with Crippen molar-refractivity contribution in [2.75, 3.05) is 6.54 Å².